The molecule has 0 saturated heterocycles. The van der Waals surface area contributed by atoms with E-state index < -0.39 is 8.32 Å². The van der Waals surface area contributed by atoms with Gasteiger partial charge in [-0.2, -0.15) is 0 Å². The number of rotatable bonds is 4. The van der Waals surface area contributed by atoms with E-state index in [1.165, 1.54) is 5.56 Å². The molecule has 0 unspecified atom stereocenters. The molecule has 0 radical (unpaired) electrons. The van der Waals surface area contributed by atoms with Crippen molar-refractivity contribution in [3.63, 3.8) is 0 Å². The highest BCUT2D eigenvalue weighted by Gasteiger charge is 2.42. The minimum Gasteiger partial charge on any atom is -0.408 e. The lowest BCUT2D eigenvalue weighted by Crippen LogP contribution is -2.47. The summed E-state index contributed by atoms with van der Waals surface area (Å²) in [5, 5.41) is 0.248. The molecule has 0 amide bonds. The lowest BCUT2D eigenvalue weighted by Gasteiger charge is -2.44. The van der Waals surface area contributed by atoms with Crippen molar-refractivity contribution >= 4 is 8.32 Å². The third-order valence-corrected chi connectivity index (χ3v) is 8.92. The van der Waals surface area contributed by atoms with E-state index in [4.69, 9.17) is 4.43 Å². The van der Waals surface area contributed by atoms with Gasteiger partial charge >= 0.3 is 0 Å². The second-order valence-corrected chi connectivity index (χ2v) is 11.5. The van der Waals surface area contributed by atoms with Gasteiger partial charge in [0, 0.05) is 0 Å². The van der Waals surface area contributed by atoms with Crippen LogP contribution in [0, 0.1) is 0 Å². The minimum absolute atomic E-state index is 0.162. The van der Waals surface area contributed by atoms with Crippen LogP contribution in [0.5, 0.6) is 0 Å². The second-order valence-electron chi connectivity index (χ2n) is 6.81. The van der Waals surface area contributed by atoms with Gasteiger partial charge in [0.05, 0.1) is 5.60 Å². The summed E-state index contributed by atoms with van der Waals surface area (Å²) in [6.45, 7) is 16.0. The van der Waals surface area contributed by atoms with Gasteiger partial charge in [-0.05, 0) is 37.0 Å². The van der Waals surface area contributed by atoms with E-state index in [1.54, 1.807) is 0 Å². The maximum atomic E-state index is 6.66. The first kappa shape index (κ1) is 15.5. The second kappa shape index (κ2) is 5.18. The molecule has 0 saturated carbocycles. The Kier molecular flexibility index (Phi) is 4.45. The van der Waals surface area contributed by atoms with E-state index in [0.717, 1.165) is 6.42 Å². The molecule has 1 rings (SSSR count). The van der Waals surface area contributed by atoms with Crippen LogP contribution in [0.2, 0.25) is 18.1 Å². The smallest absolute Gasteiger partial charge is 0.193 e. The molecule has 0 N–H and O–H groups in total. The van der Waals surface area contributed by atoms with E-state index in [9.17, 15) is 0 Å². The molecular formula is C16H28OSi. The third-order valence-electron chi connectivity index (χ3n) is 4.35. The van der Waals surface area contributed by atoms with Crippen LogP contribution in [0.4, 0.5) is 0 Å². The van der Waals surface area contributed by atoms with E-state index in [-0.39, 0.29) is 10.6 Å². The minimum atomic E-state index is -1.74. The number of benzene rings is 1. The topological polar surface area (TPSA) is 9.23 Å². The molecule has 102 valence electrons. The average Bonchev–Trinajstić information content (AvgIpc) is 2.28. The van der Waals surface area contributed by atoms with Gasteiger partial charge in [0.15, 0.2) is 8.32 Å². The van der Waals surface area contributed by atoms with Crippen molar-refractivity contribution in [1.82, 2.24) is 0 Å². The molecule has 1 aromatic carbocycles. The van der Waals surface area contributed by atoms with Crippen molar-refractivity contribution in [2.24, 2.45) is 0 Å². The largest absolute Gasteiger partial charge is 0.408 e. The molecule has 18 heavy (non-hydrogen) atoms. The predicted molar refractivity (Wildman–Crippen MR) is 82.4 cm³/mol. The molecule has 1 nitrogen and oxygen atoms in total. The summed E-state index contributed by atoms with van der Waals surface area (Å²) in [6, 6.07) is 10.6. The Morgan fingerprint density at radius 3 is 1.89 bits per heavy atom. The van der Waals surface area contributed by atoms with Crippen LogP contribution in [-0.2, 0) is 10.0 Å². The summed E-state index contributed by atoms with van der Waals surface area (Å²) in [6.07, 6.45) is 1.00. The standard InChI is InChI=1S/C16H28OSi/c1-8-16(5,14-12-10-9-11-13-14)17-18(6,7)15(2,3)4/h9-13H,8H2,1-7H3/t16-/m1/s1. The van der Waals surface area contributed by atoms with Crippen LogP contribution < -0.4 is 0 Å². The molecule has 2 heteroatoms. The van der Waals surface area contributed by atoms with Crippen LogP contribution in [-0.4, -0.2) is 8.32 Å². The van der Waals surface area contributed by atoms with Crippen LogP contribution in [0.1, 0.15) is 46.6 Å². The van der Waals surface area contributed by atoms with Crippen LogP contribution >= 0.6 is 0 Å². The molecule has 0 bridgehead atoms. The molecule has 0 heterocycles. The molecule has 0 aromatic heterocycles. The first-order chi connectivity index (χ1) is 8.12. The summed E-state index contributed by atoms with van der Waals surface area (Å²) in [5.74, 6) is 0. The fourth-order valence-electron chi connectivity index (χ4n) is 1.84. The Hall–Kier alpha value is -0.603. The zero-order chi connectivity index (χ0) is 14.0. The molecule has 0 aliphatic rings. The van der Waals surface area contributed by atoms with E-state index in [0.29, 0.717) is 0 Å². The summed E-state index contributed by atoms with van der Waals surface area (Å²) < 4.78 is 6.66. The third kappa shape index (κ3) is 3.24. The average molecular weight is 264 g/mol. The Morgan fingerprint density at radius 2 is 1.50 bits per heavy atom. The Labute approximate surface area is 114 Å². The fraction of sp³-hybridized carbons (Fsp3) is 0.625. The van der Waals surface area contributed by atoms with Gasteiger partial charge in [0.25, 0.3) is 0 Å². The van der Waals surface area contributed by atoms with Crippen molar-refractivity contribution in [2.45, 2.75) is 64.8 Å². The molecule has 0 aliphatic carbocycles. The van der Waals surface area contributed by atoms with Crippen LogP contribution in [0.15, 0.2) is 30.3 Å². The molecule has 1 aromatic rings. The lowest BCUT2D eigenvalue weighted by molar-refractivity contribution is 0.0655. The highest BCUT2D eigenvalue weighted by atomic mass is 28.4. The first-order valence-corrected chi connectivity index (χ1v) is 9.79. The van der Waals surface area contributed by atoms with Gasteiger partial charge in [0.1, 0.15) is 0 Å². The van der Waals surface area contributed by atoms with Gasteiger partial charge in [0.2, 0.25) is 0 Å². The molecule has 0 fully saturated rings. The SMILES string of the molecule is CC[C@@](C)(O[Si](C)(C)C(C)(C)C)c1ccccc1. The zero-order valence-electron chi connectivity index (χ0n) is 13.0. The quantitative estimate of drug-likeness (QED) is 0.668. The van der Waals surface area contributed by atoms with Gasteiger partial charge in [-0.3, -0.25) is 0 Å². The monoisotopic (exact) mass is 264 g/mol. The van der Waals surface area contributed by atoms with Crippen molar-refractivity contribution in [3.05, 3.63) is 35.9 Å². The first-order valence-electron chi connectivity index (χ1n) is 6.88. The van der Waals surface area contributed by atoms with Crippen LogP contribution in [0.3, 0.4) is 0 Å². The zero-order valence-corrected chi connectivity index (χ0v) is 14.0. The maximum Gasteiger partial charge on any atom is 0.193 e. The Morgan fingerprint density at radius 1 is 1.00 bits per heavy atom. The fourth-order valence-corrected chi connectivity index (χ4v) is 3.54. The highest BCUT2D eigenvalue weighted by Crippen LogP contribution is 2.42. The maximum absolute atomic E-state index is 6.66. The number of hydrogen-bond donors (Lipinski definition) is 0. The van der Waals surface area contributed by atoms with Gasteiger partial charge in [-0.15, -0.1) is 0 Å². The van der Waals surface area contributed by atoms with Crippen LogP contribution in [0.25, 0.3) is 0 Å². The van der Waals surface area contributed by atoms with Gasteiger partial charge < -0.3 is 4.43 Å². The van der Waals surface area contributed by atoms with E-state index in [1.807, 2.05) is 0 Å². The molecule has 1 atom stereocenters. The lowest BCUT2D eigenvalue weighted by atomic mass is 9.94. The van der Waals surface area contributed by atoms with Crippen molar-refractivity contribution in [1.29, 1.82) is 0 Å². The summed E-state index contributed by atoms with van der Waals surface area (Å²) in [7, 11) is -1.74. The van der Waals surface area contributed by atoms with Crippen molar-refractivity contribution in [2.75, 3.05) is 0 Å². The normalized spacial score (nSPS) is 16.4. The van der Waals surface area contributed by atoms with Crippen molar-refractivity contribution < 1.29 is 4.43 Å². The molecular weight excluding hydrogens is 236 g/mol. The van der Waals surface area contributed by atoms with E-state index >= 15 is 0 Å². The predicted octanol–water partition coefficient (Wildman–Crippen LogP) is 5.33. The molecule has 0 aliphatic heterocycles. The Balaban J connectivity index is 3.05. The molecule has 0 spiro atoms. The van der Waals surface area contributed by atoms with Gasteiger partial charge in [-0.1, -0.05) is 58.0 Å². The number of hydrogen-bond acceptors (Lipinski definition) is 1. The summed E-state index contributed by atoms with van der Waals surface area (Å²) >= 11 is 0. The summed E-state index contributed by atoms with van der Waals surface area (Å²) in [4.78, 5) is 0. The highest BCUT2D eigenvalue weighted by molar-refractivity contribution is 6.74. The van der Waals surface area contributed by atoms with Crippen molar-refractivity contribution in [3.8, 4) is 0 Å². The van der Waals surface area contributed by atoms with Gasteiger partial charge in [-0.25, -0.2) is 0 Å². The summed E-state index contributed by atoms with van der Waals surface area (Å²) in [5.41, 5.74) is 1.13. The van der Waals surface area contributed by atoms with E-state index in [2.05, 4.69) is 78.0 Å². The Bertz CT molecular complexity index is 378.